The quantitative estimate of drug-likeness (QED) is 0.805. The van der Waals surface area contributed by atoms with Crippen LogP contribution in [0.1, 0.15) is 56.1 Å². The molecule has 1 aromatic carbocycles. The van der Waals surface area contributed by atoms with E-state index in [-0.39, 0.29) is 17.8 Å². The first-order chi connectivity index (χ1) is 12.9. The fourth-order valence-electron chi connectivity index (χ4n) is 3.92. The number of hydrogen-bond donors (Lipinski definition) is 0. The van der Waals surface area contributed by atoms with E-state index in [0.717, 1.165) is 37.3 Å². The van der Waals surface area contributed by atoms with Crippen LogP contribution in [0.25, 0.3) is 0 Å². The topological polar surface area (TPSA) is 41.4 Å². The molecule has 0 bridgehead atoms. The third kappa shape index (κ3) is 4.21. The molecule has 27 heavy (non-hydrogen) atoms. The Morgan fingerprint density at radius 3 is 2.37 bits per heavy atom. The third-order valence-corrected chi connectivity index (χ3v) is 5.36. The number of imidazole rings is 1. The summed E-state index contributed by atoms with van der Waals surface area (Å²) in [5.41, 5.74) is 0.823. The van der Waals surface area contributed by atoms with E-state index in [0.29, 0.717) is 12.0 Å². The molecule has 0 aliphatic carbocycles. The number of piperidine rings is 1. The van der Waals surface area contributed by atoms with Gasteiger partial charge < -0.3 is 9.47 Å². The van der Waals surface area contributed by atoms with Gasteiger partial charge in [0.25, 0.3) is 0 Å². The van der Waals surface area contributed by atoms with Gasteiger partial charge in [-0.25, -0.2) is 9.37 Å². The summed E-state index contributed by atoms with van der Waals surface area (Å²) in [4.78, 5) is 21.6. The maximum atomic E-state index is 13.3. The number of halogens is 1. The molecule has 6 heteroatoms. The zero-order chi connectivity index (χ0) is 19.6. The Bertz CT molecular complexity index is 761. The van der Waals surface area contributed by atoms with E-state index in [2.05, 4.69) is 23.4 Å². The zero-order valence-electron chi connectivity index (χ0n) is 16.6. The number of aromatic nitrogens is 2. The van der Waals surface area contributed by atoms with Crippen molar-refractivity contribution < 1.29 is 9.18 Å². The second-order valence-corrected chi connectivity index (χ2v) is 7.80. The summed E-state index contributed by atoms with van der Waals surface area (Å²) >= 11 is 0. The normalized spacial score (nSPS) is 16.9. The average Bonchev–Trinajstić information content (AvgIpc) is 3.13. The molecule has 0 spiro atoms. The maximum Gasteiger partial charge on any atom is 0.244 e. The summed E-state index contributed by atoms with van der Waals surface area (Å²) in [6.45, 7) is 5.77. The molecule has 0 unspecified atom stereocenters. The van der Waals surface area contributed by atoms with Crippen molar-refractivity contribution in [3.05, 3.63) is 53.9 Å². The molecule has 1 amide bonds. The molecule has 1 atom stereocenters. The van der Waals surface area contributed by atoms with Crippen molar-refractivity contribution in [2.75, 3.05) is 27.2 Å². The van der Waals surface area contributed by atoms with E-state index in [1.807, 2.05) is 36.3 Å². The molecule has 1 saturated heterocycles. The van der Waals surface area contributed by atoms with Crippen molar-refractivity contribution in [2.45, 2.75) is 44.7 Å². The Balaban J connectivity index is 1.69. The van der Waals surface area contributed by atoms with Crippen LogP contribution in [0.15, 0.2) is 36.7 Å². The van der Waals surface area contributed by atoms with E-state index in [9.17, 15) is 9.18 Å². The lowest BCUT2D eigenvalue weighted by Gasteiger charge is -2.36. The average molecular weight is 372 g/mol. The number of rotatable bonds is 5. The van der Waals surface area contributed by atoms with E-state index >= 15 is 0 Å². The maximum absolute atomic E-state index is 13.3. The lowest BCUT2D eigenvalue weighted by Crippen LogP contribution is -2.44. The summed E-state index contributed by atoms with van der Waals surface area (Å²) < 4.78 is 15.5. The van der Waals surface area contributed by atoms with E-state index < -0.39 is 0 Å². The second-order valence-electron chi connectivity index (χ2n) is 7.80. The van der Waals surface area contributed by atoms with E-state index in [4.69, 9.17) is 0 Å². The van der Waals surface area contributed by atoms with E-state index in [1.165, 1.54) is 12.1 Å². The molecular weight excluding hydrogens is 343 g/mol. The fourth-order valence-corrected chi connectivity index (χ4v) is 3.92. The van der Waals surface area contributed by atoms with Crippen LogP contribution in [-0.4, -0.2) is 52.4 Å². The van der Waals surface area contributed by atoms with Gasteiger partial charge in [0.2, 0.25) is 5.91 Å². The number of hydrogen-bond acceptors (Lipinski definition) is 3. The van der Waals surface area contributed by atoms with Gasteiger partial charge >= 0.3 is 0 Å². The predicted molar refractivity (Wildman–Crippen MR) is 104 cm³/mol. The van der Waals surface area contributed by atoms with Crippen LogP contribution in [0.2, 0.25) is 0 Å². The number of likely N-dealkylation sites (N-methyl/N-ethyl adjacent to an activating group) is 1. The van der Waals surface area contributed by atoms with Gasteiger partial charge in [-0.1, -0.05) is 12.1 Å². The van der Waals surface area contributed by atoms with Gasteiger partial charge in [-0.3, -0.25) is 9.69 Å². The van der Waals surface area contributed by atoms with Crippen LogP contribution in [0.3, 0.4) is 0 Å². The molecule has 1 fully saturated rings. The Hall–Kier alpha value is -2.21. The van der Waals surface area contributed by atoms with Crippen LogP contribution in [0, 0.1) is 5.82 Å². The van der Waals surface area contributed by atoms with Gasteiger partial charge in [0, 0.05) is 37.4 Å². The van der Waals surface area contributed by atoms with Gasteiger partial charge in [0.05, 0.1) is 0 Å². The lowest BCUT2D eigenvalue weighted by atomic mass is 9.94. The van der Waals surface area contributed by atoms with Crippen molar-refractivity contribution in [3.8, 4) is 0 Å². The summed E-state index contributed by atoms with van der Waals surface area (Å²) in [5.74, 6) is 1.30. The van der Waals surface area contributed by atoms with Gasteiger partial charge in [-0.2, -0.15) is 0 Å². The summed E-state index contributed by atoms with van der Waals surface area (Å²) in [6.07, 6.45) is 5.73. The minimum absolute atomic E-state index is 0.0808. The first kappa shape index (κ1) is 19.5. The number of benzene rings is 1. The predicted octanol–water partition coefficient (Wildman–Crippen LogP) is 3.61. The second kappa shape index (κ2) is 8.21. The molecular formula is C21H29FN4O. The van der Waals surface area contributed by atoms with E-state index in [1.54, 1.807) is 12.1 Å². The number of likely N-dealkylation sites (tertiary alicyclic amines) is 1. The highest BCUT2D eigenvalue weighted by molar-refractivity contribution is 5.83. The Kier molecular flexibility index (Phi) is 5.95. The van der Waals surface area contributed by atoms with Crippen molar-refractivity contribution in [1.82, 2.24) is 19.4 Å². The Morgan fingerprint density at radius 2 is 1.81 bits per heavy atom. The summed E-state index contributed by atoms with van der Waals surface area (Å²) in [7, 11) is 3.77. The van der Waals surface area contributed by atoms with Crippen molar-refractivity contribution >= 4 is 5.91 Å². The lowest BCUT2D eigenvalue weighted by molar-refractivity contribution is -0.137. The molecule has 0 N–H and O–H groups in total. The third-order valence-electron chi connectivity index (χ3n) is 5.36. The van der Waals surface area contributed by atoms with Crippen LogP contribution in [0.4, 0.5) is 4.39 Å². The summed E-state index contributed by atoms with van der Waals surface area (Å²) in [5, 5.41) is 0. The minimum atomic E-state index is -0.389. The molecule has 3 rings (SSSR count). The first-order valence-electron chi connectivity index (χ1n) is 9.62. The van der Waals surface area contributed by atoms with Crippen LogP contribution >= 0.6 is 0 Å². The highest BCUT2D eigenvalue weighted by Crippen LogP contribution is 2.30. The summed E-state index contributed by atoms with van der Waals surface area (Å²) in [6, 6.07) is 6.22. The van der Waals surface area contributed by atoms with Crippen molar-refractivity contribution in [3.63, 3.8) is 0 Å². The van der Waals surface area contributed by atoms with Crippen LogP contribution in [-0.2, 0) is 4.79 Å². The monoisotopic (exact) mass is 372 g/mol. The first-order valence-corrected chi connectivity index (χ1v) is 9.62. The zero-order valence-corrected chi connectivity index (χ0v) is 16.6. The molecule has 1 aliphatic heterocycles. The molecule has 0 saturated carbocycles. The number of nitrogens with zero attached hydrogens (tertiary/aromatic N) is 4. The molecule has 2 aromatic rings. The minimum Gasteiger partial charge on any atom is -0.341 e. The molecule has 0 radical (unpaired) electrons. The fraction of sp³-hybridized carbons (Fsp3) is 0.524. The number of carbonyl (C=O) groups is 1. The van der Waals surface area contributed by atoms with Gasteiger partial charge in [-0.15, -0.1) is 0 Å². The SMILES string of the molecule is CC(C)n1ccnc1C1CCN(C(=O)[C@H](c2ccc(F)cc2)N(C)C)CC1. The molecule has 2 heterocycles. The standard InChI is InChI=1S/C21H29FN4O/c1-15(2)26-14-11-23-20(26)17-9-12-25(13-10-17)21(27)19(24(3)4)16-5-7-18(22)8-6-16/h5-8,11,14-15,17,19H,9-10,12-13H2,1-4H3/t19-/m0/s1. The molecule has 1 aliphatic rings. The molecule has 1 aromatic heterocycles. The Labute approximate surface area is 160 Å². The molecule has 146 valence electrons. The van der Waals surface area contributed by atoms with Crippen LogP contribution < -0.4 is 0 Å². The molecule has 5 nitrogen and oxygen atoms in total. The van der Waals surface area contributed by atoms with Crippen molar-refractivity contribution in [2.24, 2.45) is 0 Å². The number of carbonyl (C=O) groups excluding carboxylic acids is 1. The Morgan fingerprint density at radius 1 is 1.19 bits per heavy atom. The highest BCUT2D eigenvalue weighted by Gasteiger charge is 2.32. The smallest absolute Gasteiger partial charge is 0.244 e. The highest BCUT2D eigenvalue weighted by atomic mass is 19.1. The van der Waals surface area contributed by atoms with Crippen molar-refractivity contribution in [1.29, 1.82) is 0 Å². The largest absolute Gasteiger partial charge is 0.341 e. The van der Waals surface area contributed by atoms with Gasteiger partial charge in [-0.05, 0) is 58.5 Å². The van der Waals surface area contributed by atoms with Gasteiger partial charge in [0.15, 0.2) is 0 Å². The van der Waals surface area contributed by atoms with Crippen LogP contribution in [0.5, 0.6) is 0 Å². The number of amides is 1. The van der Waals surface area contributed by atoms with Gasteiger partial charge in [0.1, 0.15) is 17.7 Å².